The van der Waals surface area contributed by atoms with Crippen molar-refractivity contribution in [2.75, 3.05) is 27.4 Å². The molecule has 0 saturated heterocycles. The zero-order valence-corrected chi connectivity index (χ0v) is 28.8. The molecule has 4 rings (SSSR count). The molecule has 2 heterocycles. The number of rotatable bonds is 9. The second-order valence-corrected chi connectivity index (χ2v) is 14.2. The van der Waals surface area contributed by atoms with Crippen LogP contribution in [-0.4, -0.2) is 44.5 Å². The third-order valence-corrected chi connectivity index (χ3v) is 10.2. The van der Waals surface area contributed by atoms with E-state index in [1.165, 1.54) is 49.0 Å². The lowest BCUT2D eigenvalue weighted by Gasteiger charge is -2.24. The molecule has 6 nitrogen and oxygen atoms in total. The van der Waals surface area contributed by atoms with E-state index in [0.717, 1.165) is 44.1 Å². The number of thiophene rings is 2. The summed E-state index contributed by atoms with van der Waals surface area (Å²) in [4.78, 5) is 26.0. The number of aliphatic hydroxyl groups is 1. The van der Waals surface area contributed by atoms with E-state index in [1.54, 1.807) is 12.1 Å². The maximum Gasteiger partial charge on any atom is 0.416 e. The molecule has 0 radical (unpaired) electrons. The number of halogens is 3. The van der Waals surface area contributed by atoms with Crippen molar-refractivity contribution in [3.8, 4) is 16.9 Å². The Morgan fingerprint density at radius 2 is 1.20 bits per heavy atom. The summed E-state index contributed by atoms with van der Waals surface area (Å²) in [6, 6.07) is 16.2. The predicted octanol–water partition coefficient (Wildman–Crippen LogP) is 9.00. The van der Waals surface area contributed by atoms with E-state index in [2.05, 4.69) is 4.74 Å². The predicted molar refractivity (Wildman–Crippen MR) is 176 cm³/mol. The normalized spacial score (nSPS) is 11.8. The number of esters is 2. The number of aliphatic hydroxyl groups excluding tert-OH is 1. The number of methoxy groups -OCH3 is 2. The zero-order valence-electron chi connectivity index (χ0n) is 27.1. The van der Waals surface area contributed by atoms with E-state index >= 15 is 0 Å². The van der Waals surface area contributed by atoms with Crippen molar-refractivity contribution < 1.29 is 42.1 Å². The molecular weight excluding hydrogens is 638 g/mol. The van der Waals surface area contributed by atoms with Crippen LogP contribution in [0.2, 0.25) is 0 Å². The van der Waals surface area contributed by atoms with Gasteiger partial charge in [0.2, 0.25) is 0 Å². The van der Waals surface area contributed by atoms with Gasteiger partial charge in [-0.25, -0.2) is 9.59 Å². The first-order valence-corrected chi connectivity index (χ1v) is 16.0. The molecule has 1 N–H and O–H groups in total. The molecule has 0 aliphatic heterocycles. The third-order valence-electron chi connectivity index (χ3n) is 7.32. The van der Waals surface area contributed by atoms with Gasteiger partial charge in [-0.15, -0.1) is 22.7 Å². The Morgan fingerprint density at radius 3 is 1.61 bits per heavy atom. The summed E-state index contributed by atoms with van der Waals surface area (Å²) >= 11 is 2.74. The van der Waals surface area contributed by atoms with Gasteiger partial charge >= 0.3 is 18.1 Å². The fourth-order valence-corrected chi connectivity index (χ4v) is 6.55. The molecule has 0 unspecified atom stereocenters. The fraction of sp³-hybridized carbons (Fsp3) is 0.371. The van der Waals surface area contributed by atoms with E-state index < -0.39 is 11.7 Å². The summed E-state index contributed by atoms with van der Waals surface area (Å²) in [6.07, 6.45) is -4.35. The van der Waals surface area contributed by atoms with Crippen molar-refractivity contribution >= 4 is 34.6 Å². The Kier molecular flexibility index (Phi) is 11.9. The van der Waals surface area contributed by atoms with E-state index in [1.807, 2.05) is 65.8 Å². The fourth-order valence-electron chi connectivity index (χ4n) is 4.52. The van der Waals surface area contributed by atoms with E-state index in [0.29, 0.717) is 22.1 Å². The first-order valence-electron chi connectivity index (χ1n) is 14.3. The van der Waals surface area contributed by atoms with Crippen LogP contribution in [0.1, 0.15) is 73.5 Å². The van der Waals surface area contributed by atoms with Crippen LogP contribution < -0.4 is 4.74 Å². The molecule has 2 aromatic heterocycles. The number of hydrogen-bond donors (Lipinski definition) is 1. The number of alkyl halides is 3. The molecule has 0 aliphatic rings. The number of ether oxygens (including phenoxy) is 3. The highest BCUT2D eigenvalue weighted by molar-refractivity contribution is 7.14. The summed E-state index contributed by atoms with van der Waals surface area (Å²) in [5, 5.41) is 9.14. The molecule has 0 fully saturated rings. The highest BCUT2D eigenvalue weighted by atomic mass is 32.1. The Balaban J connectivity index is 0.000000344. The van der Waals surface area contributed by atoms with Gasteiger partial charge < -0.3 is 19.3 Å². The highest BCUT2D eigenvalue weighted by Crippen LogP contribution is 2.36. The quantitative estimate of drug-likeness (QED) is 0.178. The topological polar surface area (TPSA) is 82.1 Å². The van der Waals surface area contributed by atoms with Crippen molar-refractivity contribution in [1.82, 2.24) is 0 Å². The van der Waals surface area contributed by atoms with Gasteiger partial charge in [0.1, 0.15) is 15.5 Å². The van der Waals surface area contributed by atoms with Crippen molar-refractivity contribution in [1.29, 1.82) is 0 Å². The first kappa shape index (κ1) is 36.8. The average molecular weight is 677 g/mol. The second-order valence-electron chi connectivity index (χ2n) is 12.0. The molecule has 0 bridgehead atoms. The maximum absolute atomic E-state index is 12.9. The van der Waals surface area contributed by atoms with Crippen molar-refractivity contribution in [2.24, 2.45) is 0 Å². The lowest BCUT2D eigenvalue weighted by molar-refractivity contribution is -0.137. The van der Waals surface area contributed by atoms with E-state index in [4.69, 9.17) is 14.6 Å². The summed E-state index contributed by atoms with van der Waals surface area (Å²) in [5.74, 6) is 0.00606. The zero-order chi connectivity index (χ0) is 34.4. The Morgan fingerprint density at radius 1 is 0.739 bits per heavy atom. The van der Waals surface area contributed by atoms with Gasteiger partial charge in [-0.2, -0.15) is 13.2 Å². The summed E-state index contributed by atoms with van der Waals surface area (Å²) in [5.41, 5.74) is 2.17. The summed E-state index contributed by atoms with van der Waals surface area (Å²) in [7, 11) is 2.72. The van der Waals surface area contributed by atoms with Crippen molar-refractivity contribution in [3.63, 3.8) is 0 Å². The lowest BCUT2D eigenvalue weighted by atomic mass is 9.92. The minimum atomic E-state index is -4.35. The minimum Gasteiger partial charge on any atom is -0.493 e. The van der Waals surface area contributed by atoms with Crippen LogP contribution in [0.15, 0.2) is 60.7 Å². The molecular formula is C35H39F3O6S2. The molecule has 0 saturated carbocycles. The van der Waals surface area contributed by atoms with Crippen LogP contribution >= 0.6 is 22.7 Å². The van der Waals surface area contributed by atoms with Gasteiger partial charge in [0.15, 0.2) is 0 Å². The Hall–Kier alpha value is -3.67. The van der Waals surface area contributed by atoms with Gasteiger partial charge in [-0.05, 0) is 84.6 Å². The van der Waals surface area contributed by atoms with Crippen LogP contribution in [0.5, 0.6) is 5.75 Å². The number of aryl methyl sites for hydroxylation is 2. The maximum atomic E-state index is 12.9. The summed E-state index contributed by atoms with van der Waals surface area (Å²) in [6.45, 7) is 12.2. The summed E-state index contributed by atoms with van der Waals surface area (Å²) < 4.78 is 54.0. The van der Waals surface area contributed by atoms with Crippen LogP contribution in [0, 0.1) is 13.8 Å². The van der Waals surface area contributed by atoms with Gasteiger partial charge in [0, 0.05) is 20.6 Å². The van der Waals surface area contributed by atoms with Crippen LogP contribution in [0.4, 0.5) is 13.2 Å². The molecule has 11 heteroatoms. The first-order chi connectivity index (χ1) is 21.4. The third kappa shape index (κ3) is 8.98. The number of benzene rings is 2. The monoisotopic (exact) mass is 676 g/mol. The molecule has 0 amide bonds. The molecule has 46 heavy (non-hydrogen) atoms. The SMILES string of the molecule is COC(=O)c1ccc(C(C)(C)CO)s1.COC(=O)c1ccc(C(C)(C)COc2cc(C)c(-c3ccc(C(F)(F)F)cc3)c(C)c2)s1. The molecule has 0 aliphatic carbocycles. The largest absolute Gasteiger partial charge is 0.493 e. The molecule has 0 atom stereocenters. The second kappa shape index (κ2) is 14.8. The Bertz CT molecular complexity index is 1630. The smallest absolute Gasteiger partial charge is 0.416 e. The van der Waals surface area contributed by atoms with Crippen LogP contribution in [0.3, 0.4) is 0 Å². The molecule has 248 valence electrons. The standard InChI is InChI=1S/C25H25F3O3S.C10H14O3S/c1-15-12-19(31-14-24(3,4)21-11-10-20(32-21)23(29)30-5)13-16(2)22(15)17-6-8-18(9-7-17)25(26,27)28;1-10(2,6-11)8-5-4-7(14-8)9(12)13-3/h6-13H,14H2,1-5H3;4-5,11H,6H2,1-3H3. The average Bonchev–Trinajstić information content (AvgIpc) is 3.71. The number of hydrogen-bond acceptors (Lipinski definition) is 8. The highest BCUT2D eigenvalue weighted by Gasteiger charge is 2.30. The lowest BCUT2D eigenvalue weighted by Crippen LogP contribution is -2.25. The van der Waals surface area contributed by atoms with Gasteiger partial charge in [0.05, 0.1) is 33.0 Å². The van der Waals surface area contributed by atoms with Crippen molar-refractivity contribution in [2.45, 2.75) is 58.5 Å². The number of carbonyl (C=O) groups excluding carboxylic acids is 2. The van der Waals surface area contributed by atoms with Crippen molar-refractivity contribution in [3.05, 3.63) is 96.9 Å². The minimum absolute atomic E-state index is 0.0636. The molecule has 4 aromatic rings. The Labute approximate surface area is 275 Å². The van der Waals surface area contributed by atoms with E-state index in [9.17, 15) is 22.8 Å². The molecule has 2 aromatic carbocycles. The molecule has 0 spiro atoms. The van der Waals surface area contributed by atoms with E-state index in [-0.39, 0.29) is 29.4 Å². The van der Waals surface area contributed by atoms with Crippen LogP contribution in [0.25, 0.3) is 11.1 Å². The van der Waals surface area contributed by atoms with Crippen LogP contribution in [-0.2, 0) is 26.5 Å². The van der Waals surface area contributed by atoms with Gasteiger partial charge in [0.25, 0.3) is 0 Å². The number of carbonyl (C=O) groups is 2. The van der Waals surface area contributed by atoms with Gasteiger partial charge in [-0.3, -0.25) is 0 Å². The van der Waals surface area contributed by atoms with Gasteiger partial charge in [-0.1, -0.05) is 39.8 Å².